The van der Waals surface area contributed by atoms with Gasteiger partial charge in [0.2, 0.25) is 0 Å². The summed E-state index contributed by atoms with van der Waals surface area (Å²) in [6.07, 6.45) is 6.08. The number of ether oxygens (including phenoxy) is 1. The average molecular weight is 225 g/mol. The molecular weight excluding hydrogens is 198 g/mol. The maximum absolute atomic E-state index is 5.68. The lowest BCUT2D eigenvalue weighted by atomic mass is 9.90. The second-order valence-electron chi connectivity index (χ2n) is 5.98. The maximum Gasteiger partial charge on any atom is 0.106 e. The molecule has 16 heavy (non-hydrogen) atoms. The molecule has 0 aliphatic carbocycles. The Kier molecular flexibility index (Phi) is 5.33. The molecule has 1 N–H and O–H groups in total. The van der Waals surface area contributed by atoms with Crippen LogP contribution in [0.4, 0.5) is 0 Å². The van der Waals surface area contributed by atoms with Gasteiger partial charge in [-0.25, -0.2) is 0 Å². The van der Waals surface area contributed by atoms with Crippen LogP contribution in [-0.4, -0.2) is 19.2 Å². The van der Waals surface area contributed by atoms with Crippen LogP contribution in [0.15, 0.2) is 12.3 Å². The molecule has 0 bridgehead atoms. The fourth-order valence-electron chi connectivity index (χ4n) is 2.02. The van der Waals surface area contributed by atoms with E-state index in [-0.39, 0.29) is 0 Å². The molecule has 0 amide bonds. The van der Waals surface area contributed by atoms with Gasteiger partial charge in [-0.15, -0.1) is 0 Å². The molecule has 1 aliphatic rings. The van der Waals surface area contributed by atoms with Crippen molar-refractivity contribution in [3.05, 3.63) is 12.3 Å². The van der Waals surface area contributed by atoms with Gasteiger partial charge < -0.3 is 10.1 Å². The summed E-state index contributed by atoms with van der Waals surface area (Å²) in [4.78, 5) is 0. The van der Waals surface area contributed by atoms with Crippen molar-refractivity contribution >= 4 is 0 Å². The lowest BCUT2D eigenvalue weighted by Crippen LogP contribution is -2.24. The van der Waals surface area contributed by atoms with Crippen LogP contribution in [0, 0.1) is 5.41 Å². The summed E-state index contributed by atoms with van der Waals surface area (Å²) in [5.41, 5.74) is 0.448. The Bertz CT molecular complexity index is 211. The summed E-state index contributed by atoms with van der Waals surface area (Å²) in [5.74, 6) is 0.938. The summed E-state index contributed by atoms with van der Waals surface area (Å²) < 4.78 is 5.68. The SMILES string of the molecule is C=C(OCCCCC(C)(C)C)[C@@H]1CCCN1. The summed E-state index contributed by atoms with van der Waals surface area (Å²) in [6, 6.07) is 0.405. The van der Waals surface area contributed by atoms with Gasteiger partial charge in [0.25, 0.3) is 0 Å². The Morgan fingerprint density at radius 3 is 2.69 bits per heavy atom. The number of nitrogens with one attached hydrogen (secondary N) is 1. The van der Waals surface area contributed by atoms with Crippen LogP contribution >= 0.6 is 0 Å². The first-order valence-corrected chi connectivity index (χ1v) is 6.54. The van der Waals surface area contributed by atoms with Crippen molar-refractivity contribution in [2.45, 2.75) is 58.9 Å². The predicted octanol–water partition coefficient (Wildman–Crippen LogP) is 3.49. The monoisotopic (exact) mass is 225 g/mol. The highest BCUT2D eigenvalue weighted by atomic mass is 16.5. The Morgan fingerprint density at radius 1 is 1.38 bits per heavy atom. The molecule has 2 nitrogen and oxygen atoms in total. The highest BCUT2D eigenvalue weighted by Gasteiger charge is 2.18. The van der Waals surface area contributed by atoms with Crippen LogP contribution in [0.1, 0.15) is 52.9 Å². The summed E-state index contributed by atoms with van der Waals surface area (Å²) in [5, 5.41) is 3.40. The van der Waals surface area contributed by atoms with Crippen LogP contribution in [-0.2, 0) is 4.74 Å². The zero-order chi connectivity index (χ0) is 12.0. The third-order valence-electron chi connectivity index (χ3n) is 3.06. The minimum Gasteiger partial charge on any atom is -0.497 e. The Hall–Kier alpha value is -0.500. The Morgan fingerprint density at radius 2 is 2.12 bits per heavy atom. The summed E-state index contributed by atoms with van der Waals surface area (Å²) >= 11 is 0. The Labute approximate surface area is 100 Å². The first-order chi connectivity index (χ1) is 7.49. The molecule has 2 heteroatoms. The van der Waals surface area contributed by atoms with E-state index in [4.69, 9.17) is 4.74 Å². The number of hydrogen-bond acceptors (Lipinski definition) is 2. The van der Waals surface area contributed by atoms with Crippen LogP contribution in [0.2, 0.25) is 0 Å². The molecule has 1 fully saturated rings. The summed E-state index contributed by atoms with van der Waals surface area (Å²) in [6.45, 7) is 12.8. The van der Waals surface area contributed by atoms with Gasteiger partial charge in [0, 0.05) is 0 Å². The molecule has 0 aromatic heterocycles. The largest absolute Gasteiger partial charge is 0.497 e. The van der Waals surface area contributed by atoms with Crippen molar-refractivity contribution in [2.75, 3.05) is 13.2 Å². The van der Waals surface area contributed by atoms with E-state index in [1.54, 1.807) is 0 Å². The fraction of sp³-hybridized carbons (Fsp3) is 0.857. The van der Waals surface area contributed by atoms with E-state index in [1.807, 2.05) is 0 Å². The summed E-state index contributed by atoms with van der Waals surface area (Å²) in [7, 11) is 0. The maximum atomic E-state index is 5.68. The molecule has 94 valence electrons. The van der Waals surface area contributed by atoms with Crippen molar-refractivity contribution in [1.29, 1.82) is 0 Å². The molecule has 1 saturated heterocycles. The minimum atomic E-state index is 0.405. The molecule has 0 spiro atoms. The van der Waals surface area contributed by atoms with Crippen molar-refractivity contribution in [3.8, 4) is 0 Å². The molecule has 0 radical (unpaired) electrons. The molecular formula is C14H27NO. The van der Waals surface area contributed by atoms with E-state index in [2.05, 4.69) is 32.7 Å². The van der Waals surface area contributed by atoms with Crippen molar-refractivity contribution < 1.29 is 4.74 Å². The molecule has 0 aromatic carbocycles. The second kappa shape index (κ2) is 6.29. The average Bonchev–Trinajstić information content (AvgIpc) is 2.67. The van der Waals surface area contributed by atoms with Gasteiger partial charge in [0.05, 0.1) is 12.6 Å². The molecule has 0 aromatic rings. The predicted molar refractivity (Wildman–Crippen MR) is 69.4 cm³/mol. The first-order valence-electron chi connectivity index (χ1n) is 6.54. The van der Waals surface area contributed by atoms with Gasteiger partial charge in [0.1, 0.15) is 5.76 Å². The van der Waals surface area contributed by atoms with E-state index in [9.17, 15) is 0 Å². The topological polar surface area (TPSA) is 21.3 Å². The van der Waals surface area contributed by atoms with E-state index < -0.39 is 0 Å². The van der Waals surface area contributed by atoms with E-state index in [0.29, 0.717) is 11.5 Å². The number of unbranched alkanes of at least 4 members (excludes halogenated alkanes) is 1. The van der Waals surface area contributed by atoms with Gasteiger partial charge >= 0.3 is 0 Å². The molecule has 0 saturated carbocycles. The molecule has 1 atom stereocenters. The minimum absolute atomic E-state index is 0.405. The smallest absolute Gasteiger partial charge is 0.106 e. The van der Waals surface area contributed by atoms with Gasteiger partial charge in [0.15, 0.2) is 0 Å². The zero-order valence-corrected chi connectivity index (χ0v) is 11.1. The lowest BCUT2D eigenvalue weighted by Gasteiger charge is -2.18. The van der Waals surface area contributed by atoms with Crippen molar-refractivity contribution in [3.63, 3.8) is 0 Å². The van der Waals surface area contributed by atoms with Gasteiger partial charge in [-0.2, -0.15) is 0 Å². The molecule has 1 aliphatic heterocycles. The van der Waals surface area contributed by atoms with Crippen LogP contribution in [0.25, 0.3) is 0 Å². The molecule has 0 unspecified atom stereocenters. The van der Waals surface area contributed by atoms with Gasteiger partial charge in [-0.1, -0.05) is 27.4 Å². The van der Waals surface area contributed by atoms with E-state index in [0.717, 1.165) is 25.3 Å². The third kappa shape index (κ3) is 5.55. The quantitative estimate of drug-likeness (QED) is 0.552. The number of rotatable bonds is 6. The first kappa shape index (κ1) is 13.6. The van der Waals surface area contributed by atoms with Gasteiger partial charge in [-0.05, 0) is 44.1 Å². The van der Waals surface area contributed by atoms with Crippen molar-refractivity contribution in [2.24, 2.45) is 5.41 Å². The van der Waals surface area contributed by atoms with E-state index >= 15 is 0 Å². The van der Waals surface area contributed by atoms with E-state index in [1.165, 1.54) is 25.7 Å². The highest BCUT2D eigenvalue weighted by molar-refractivity contribution is 4.99. The molecule has 1 rings (SSSR count). The third-order valence-corrected chi connectivity index (χ3v) is 3.06. The van der Waals surface area contributed by atoms with Crippen LogP contribution in [0.5, 0.6) is 0 Å². The lowest BCUT2D eigenvalue weighted by molar-refractivity contribution is 0.181. The highest BCUT2D eigenvalue weighted by Crippen LogP contribution is 2.21. The van der Waals surface area contributed by atoms with Gasteiger partial charge in [-0.3, -0.25) is 0 Å². The van der Waals surface area contributed by atoms with Crippen molar-refractivity contribution in [1.82, 2.24) is 5.32 Å². The fourth-order valence-corrected chi connectivity index (χ4v) is 2.02. The number of hydrogen-bond donors (Lipinski definition) is 1. The van der Waals surface area contributed by atoms with Crippen LogP contribution < -0.4 is 5.32 Å². The zero-order valence-electron chi connectivity index (χ0n) is 11.1. The standard InChI is InChI=1S/C14H27NO/c1-12(13-8-7-10-15-13)16-11-6-5-9-14(2,3)4/h13,15H,1,5-11H2,2-4H3/t13-/m0/s1. The molecule has 1 heterocycles. The Balaban J connectivity index is 2.00. The second-order valence-corrected chi connectivity index (χ2v) is 5.98. The normalized spacial score (nSPS) is 21.1. The van der Waals surface area contributed by atoms with Crippen LogP contribution in [0.3, 0.4) is 0 Å².